The first-order valence-corrected chi connectivity index (χ1v) is 9.90. The van der Waals surface area contributed by atoms with E-state index in [0.29, 0.717) is 11.7 Å². The van der Waals surface area contributed by atoms with Crippen molar-refractivity contribution in [3.05, 3.63) is 90.0 Å². The van der Waals surface area contributed by atoms with Gasteiger partial charge in [0.05, 0.1) is 16.8 Å². The first-order valence-electron chi connectivity index (χ1n) is 9.09. The Bertz CT molecular complexity index is 1060. The minimum atomic E-state index is -0.119. The number of fused-ring (bicyclic) bond motifs is 1. The molecule has 1 heterocycles. The lowest BCUT2D eigenvalue weighted by Crippen LogP contribution is -2.34. The van der Waals surface area contributed by atoms with Gasteiger partial charge in [0.2, 0.25) is 0 Å². The molecule has 0 saturated heterocycles. The van der Waals surface area contributed by atoms with Crippen LogP contribution in [0.4, 0.5) is 5.13 Å². The largest absolute Gasteiger partial charge is 0.483 e. The van der Waals surface area contributed by atoms with Crippen LogP contribution >= 0.6 is 11.3 Å². The number of rotatable bonds is 6. The number of nitrogens with zero attached hydrogens (tertiary/aromatic N) is 2. The molecule has 4 nitrogen and oxygen atoms in total. The lowest BCUT2D eigenvalue weighted by molar-refractivity contribution is -0.120. The standard InChI is InChI=1S/C23H20N2O2S/c1-17-9-5-7-13-20(17)27-16-22(26)25(15-18-10-3-2-4-11-18)23-24-19-12-6-8-14-21(19)28-23/h2-14H,15-16H2,1H3. The minimum Gasteiger partial charge on any atom is -0.483 e. The lowest BCUT2D eigenvalue weighted by atomic mass is 10.2. The van der Waals surface area contributed by atoms with Gasteiger partial charge >= 0.3 is 0 Å². The van der Waals surface area contributed by atoms with Crippen molar-refractivity contribution in [2.75, 3.05) is 11.5 Å². The van der Waals surface area contributed by atoms with E-state index >= 15 is 0 Å². The zero-order valence-corrected chi connectivity index (χ0v) is 16.4. The van der Waals surface area contributed by atoms with E-state index in [1.165, 1.54) is 11.3 Å². The second-order valence-corrected chi connectivity index (χ2v) is 7.49. The van der Waals surface area contributed by atoms with Gasteiger partial charge < -0.3 is 4.74 Å². The molecule has 0 fully saturated rings. The molecule has 4 rings (SSSR count). The van der Waals surface area contributed by atoms with Crippen molar-refractivity contribution >= 4 is 32.6 Å². The fourth-order valence-electron chi connectivity index (χ4n) is 2.94. The van der Waals surface area contributed by atoms with Crippen LogP contribution < -0.4 is 9.64 Å². The summed E-state index contributed by atoms with van der Waals surface area (Å²) in [6, 6.07) is 25.5. The zero-order chi connectivity index (χ0) is 19.3. The maximum absolute atomic E-state index is 13.1. The second-order valence-electron chi connectivity index (χ2n) is 6.48. The molecular formula is C23H20N2O2S. The number of carbonyl (C=O) groups excluding carboxylic acids is 1. The van der Waals surface area contributed by atoms with Crippen LogP contribution in [0.2, 0.25) is 0 Å². The maximum Gasteiger partial charge on any atom is 0.267 e. The van der Waals surface area contributed by atoms with Gasteiger partial charge in [-0.25, -0.2) is 4.98 Å². The summed E-state index contributed by atoms with van der Waals surface area (Å²) in [6.07, 6.45) is 0. The van der Waals surface area contributed by atoms with Gasteiger partial charge in [0, 0.05) is 0 Å². The van der Waals surface area contributed by atoms with Crippen molar-refractivity contribution < 1.29 is 9.53 Å². The van der Waals surface area contributed by atoms with Crippen LogP contribution in [-0.2, 0) is 11.3 Å². The molecule has 0 atom stereocenters. The van der Waals surface area contributed by atoms with Crippen LogP contribution in [0.3, 0.4) is 0 Å². The summed E-state index contributed by atoms with van der Waals surface area (Å²) >= 11 is 1.52. The summed E-state index contributed by atoms with van der Waals surface area (Å²) in [4.78, 5) is 19.5. The third kappa shape index (κ3) is 4.05. The first kappa shape index (κ1) is 18.2. The predicted molar refractivity (Wildman–Crippen MR) is 114 cm³/mol. The molecule has 28 heavy (non-hydrogen) atoms. The molecule has 1 aromatic heterocycles. The van der Waals surface area contributed by atoms with E-state index < -0.39 is 0 Å². The predicted octanol–water partition coefficient (Wildman–Crippen LogP) is 5.22. The van der Waals surface area contributed by atoms with Gasteiger partial charge in [0.25, 0.3) is 5.91 Å². The summed E-state index contributed by atoms with van der Waals surface area (Å²) in [7, 11) is 0. The van der Waals surface area contributed by atoms with Crippen molar-refractivity contribution in [1.82, 2.24) is 4.98 Å². The Kier molecular flexibility index (Phi) is 5.35. The monoisotopic (exact) mass is 388 g/mol. The minimum absolute atomic E-state index is 0.0341. The highest BCUT2D eigenvalue weighted by atomic mass is 32.1. The summed E-state index contributed by atoms with van der Waals surface area (Å²) in [5.41, 5.74) is 2.95. The summed E-state index contributed by atoms with van der Waals surface area (Å²) in [6.45, 7) is 2.39. The molecule has 0 unspecified atom stereocenters. The van der Waals surface area contributed by atoms with Gasteiger partial charge in [0.15, 0.2) is 11.7 Å². The molecule has 0 aliphatic rings. The van der Waals surface area contributed by atoms with E-state index in [0.717, 1.165) is 27.1 Å². The molecule has 4 aromatic rings. The SMILES string of the molecule is Cc1ccccc1OCC(=O)N(Cc1ccccc1)c1nc2ccccc2s1. The van der Waals surface area contributed by atoms with Gasteiger partial charge in [-0.1, -0.05) is 72.0 Å². The quantitative estimate of drug-likeness (QED) is 0.455. The van der Waals surface area contributed by atoms with Crippen LogP contribution in [0, 0.1) is 6.92 Å². The van der Waals surface area contributed by atoms with Crippen molar-refractivity contribution in [3.8, 4) is 5.75 Å². The van der Waals surface area contributed by atoms with E-state index in [2.05, 4.69) is 4.98 Å². The molecule has 140 valence electrons. The van der Waals surface area contributed by atoms with Crippen molar-refractivity contribution in [2.24, 2.45) is 0 Å². The molecule has 0 N–H and O–H groups in total. The molecule has 1 amide bonds. The number of para-hydroxylation sites is 2. The fraction of sp³-hybridized carbons (Fsp3) is 0.130. The van der Waals surface area contributed by atoms with Crippen LogP contribution in [-0.4, -0.2) is 17.5 Å². The molecule has 0 radical (unpaired) electrons. The number of thiazole rings is 1. The van der Waals surface area contributed by atoms with Gasteiger partial charge in [0.1, 0.15) is 5.75 Å². The number of hydrogen-bond acceptors (Lipinski definition) is 4. The van der Waals surface area contributed by atoms with E-state index in [-0.39, 0.29) is 12.5 Å². The Morgan fingerprint density at radius 2 is 1.68 bits per heavy atom. The smallest absolute Gasteiger partial charge is 0.267 e. The molecule has 0 bridgehead atoms. The number of aryl methyl sites for hydroxylation is 1. The third-order valence-electron chi connectivity index (χ3n) is 4.44. The molecule has 0 saturated carbocycles. The van der Waals surface area contributed by atoms with Crippen molar-refractivity contribution in [3.63, 3.8) is 0 Å². The number of aromatic nitrogens is 1. The van der Waals surface area contributed by atoms with Gasteiger partial charge in [-0.15, -0.1) is 0 Å². The van der Waals surface area contributed by atoms with Crippen LogP contribution in [0.5, 0.6) is 5.75 Å². The highest BCUT2D eigenvalue weighted by Gasteiger charge is 2.21. The number of hydrogen-bond donors (Lipinski definition) is 0. The zero-order valence-electron chi connectivity index (χ0n) is 15.5. The molecule has 0 aliphatic heterocycles. The van der Waals surface area contributed by atoms with Crippen molar-refractivity contribution in [1.29, 1.82) is 0 Å². The fourth-order valence-corrected chi connectivity index (χ4v) is 3.92. The van der Waals surface area contributed by atoms with Crippen LogP contribution in [0.1, 0.15) is 11.1 Å². The van der Waals surface area contributed by atoms with Gasteiger partial charge in [-0.3, -0.25) is 9.69 Å². The van der Waals surface area contributed by atoms with Crippen molar-refractivity contribution in [2.45, 2.75) is 13.5 Å². The Balaban J connectivity index is 1.60. The Morgan fingerprint density at radius 3 is 2.46 bits per heavy atom. The average molecular weight is 388 g/mol. The topological polar surface area (TPSA) is 42.4 Å². The number of benzene rings is 3. The second kappa shape index (κ2) is 8.23. The molecule has 0 spiro atoms. The first-order chi connectivity index (χ1) is 13.7. The van der Waals surface area contributed by atoms with E-state index in [4.69, 9.17) is 4.74 Å². The van der Waals surface area contributed by atoms with E-state index in [1.54, 1.807) is 4.90 Å². The molecule has 5 heteroatoms. The van der Waals surface area contributed by atoms with Crippen LogP contribution in [0.25, 0.3) is 10.2 Å². The number of amides is 1. The summed E-state index contributed by atoms with van der Waals surface area (Å²) in [5.74, 6) is 0.603. The van der Waals surface area contributed by atoms with Gasteiger partial charge in [-0.05, 0) is 36.2 Å². The summed E-state index contributed by atoms with van der Waals surface area (Å²) in [5, 5.41) is 0.684. The Hall–Kier alpha value is -3.18. The van der Waals surface area contributed by atoms with Crippen LogP contribution in [0.15, 0.2) is 78.9 Å². The Morgan fingerprint density at radius 1 is 0.964 bits per heavy atom. The van der Waals surface area contributed by atoms with E-state index in [1.807, 2.05) is 85.8 Å². The highest BCUT2D eigenvalue weighted by molar-refractivity contribution is 7.22. The highest BCUT2D eigenvalue weighted by Crippen LogP contribution is 2.30. The van der Waals surface area contributed by atoms with Gasteiger partial charge in [-0.2, -0.15) is 0 Å². The number of ether oxygens (including phenoxy) is 1. The summed E-state index contributed by atoms with van der Waals surface area (Å²) < 4.78 is 6.86. The molecule has 0 aliphatic carbocycles. The number of carbonyl (C=O) groups is 1. The normalized spacial score (nSPS) is 10.8. The van der Waals surface area contributed by atoms with E-state index in [9.17, 15) is 4.79 Å². The lowest BCUT2D eigenvalue weighted by Gasteiger charge is -2.20. The Labute approximate surface area is 168 Å². The number of anilines is 1. The average Bonchev–Trinajstić information content (AvgIpc) is 3.16. The molecular weight excluding hydrogens is 368 g/mol. The third-order valence-corrected chi connectivity index (χ3v) is 5.50. The maximum atomic E-state index is 13.1. The molecule has 3 aromatic carbocycles.